The molecule has 0 saturated carbocycles. The highest BCUT2D eigenvalue weighted by molar-refractivity contribution is 6.04. The van der Waals surface area contributed by atoms with E-state index in [9.17, 15) is 9.18 Å². The normalized spacial score (nSPS) is 11.1. The highest BCUT2D eigenvalue weighted by atomic mass is 19.1. The van der Waals surface area contributed by atoms with Crippen LogP contribution in [0.25, 0.3) is 12.2 Å². The summed E-state index contributed by atoms with van der Waals surface area (Å²) >= 11 is 0. The minimum atomic E-state index is -0.279. The Kier molecular flexibility index (Phi) is 6.26. The summed E-state index contributed by atoms with van der Waals surface area (Å²) in [7, 11) is 0. The van der Waals surface area contributed by atoms with Gasteiger partial charge in [0.2, 0.25) is 0 Å². The zero-order valence-corrected chi connectivity index (χ0v) is 14.6. The molecule has 0 radical (unpaired) electrons. The Morgan fingerprint density at radius 1 is 0.963 bits per heavy atom. The second-order valence-electron chi connectivity index (χ2n) is 5.81. The second-order valence-corrected chi connectivity index (χ2v) is 5.81. The molecular formula is C23H18FNO2. The van der Waals surface area contributed by atoms with Crippen molar-refractivity contribution in [3.63, 3.8) is 0 Å². The molecule has 3 rings (SSSR count). The average molecular weight is 359 g/mol. The Labute approximate surface area is 157 Å². The van der Waals surface area contributed by atoms with Crippen molar-refractivity contribution >= 4 is 17.9 Å². The van der Waals surface area contributed by atoms with Crippen LogP contribution in [0.15, 0.2) is 85.1 Å². The van der Waals surface area contributed by atoms with Crippen molar-refractivity contribution in [1.29, 1.82) is 0 Å². The Morgan fingerprint density at radius 2 is 1.78 bits per heavy atom. The Bertz CT molecular complexity index is 948. The molecule has 0 aliphatic carbocycles. The van der Waals surface area contributed by atoms with Crippen LogP contribution >= 0.6 is 0 Å². The SMILES string of the molecule is O=C(C=Cc1ccc(OCc2cccc(F)c2)cc1)C=Cc1ccccn1. The molecule has 3 aromatic rings. The minimum Gasteiger partial charge on any atom is -0.489 e. The number of pyridine rings is 1. The molecule has 134 valence electrons. The monoisotopic (exact) mass is 359 g/mol. The van der Waals surface area contributed by atoms with Crippen molar-refractivity contribution in [2.24, 2.45) is 0 Å². The van der Waals surface area contributed by atoms with Gasteiger partial charge in [0.15, 0.2) is 5.78 Å². The van der Waals surface area contributed by atoms with E-state index in [-0.39, 0.29) is 11.6 Å². The molecule has 0 unspecified atom stereocenters. The van der Waals surface area contributed by atoms with E-state index in [2.05, 4.69) is 4.98 Å². The largest absolute Gasteiger partial charge is 0.489 e. The second kappa shape index (κ2) is 9.25. The molecule has 0 bridgehead atoms. The molecule has 1 heterocycles. The zero-order valence-electron chi connectivity index (χ0n) is 14.6. The van der Waals surface area contributed by atoms with Crippen LogP contribution < -0.4 is 4.74 Å². The first-order valence-electron chi connectivity index (χ1n) is 8.47. The van der Waals surface area contributed by atoms with Crippen LogP contribution in [0, 0.1) is 5.82 Å². The lowest BCUT2D eigenvalue weighted by atomic mass is 10.2. The molecular weight excluding hydrogens is 341 g/mol. The highest BCUT2D eigenvalue weighted by Gasteiger charge is 1.98. The standard InChI is InChI=1S/C23H18FNO2/c24-20-5-3-4-19(16-20)17-27-23-13-8-18(9-14-23)7-11-22(26)12-10-21-6-1-2-15-25-21/h1-16H,17H2. The molecule has 0 aliphatic heterocycles. The highest BCUT2D eigenvalue weighted by Crippen LogP contribution is 2.15. The lowest BCUT2D eigenvalue weighted by Gasteiger charge is -2.06. The summed E-state index contributed by atoms with van der Waals surface area (Å²) in [6, 6.07) is 19.2. The van der Waals surface area contributed by atoms with Gasteiger partial charge in [-0.25, -0.2) is 4.39 Å². The van der Waals surface area contributed by atoms with Crippen molar-refractivity contribution < 1.29 is 13.9 Å². The maximum Gasteiger partial charge on any atom is 0.178 e. The predicted molar refractivity (Wildman–Crippen MR) is 104 cm³/mol. The number of ketones is 1. The van der Waals surface area contributed by atoms with Gasteiger partial charge in [-0.1, -0.05) is 36.4 Å². The van der Waals surface area contributed by atoms with Gasteiger partial charge in [0.25, 0.3) is 0 Å². The smallest absolute Gasteiger partial charge is 0.178 e. The van der Waals surface area contributed by atoms with E-state index in [1.807, 2.05) is 48.5 Å². The molecule has 4 heteroatoms. The number of aromatic nitrogens is 1. The van der Waals surface area contributed by atoms with Crippen LogP contribution in [-0.4, -0.2) is 10.8 Å². The van der Waals surface area contributed by atoms with Gasteiger partial charge in [-0.05, 0) is 65.8 Å². The number of carbonyl (C=O) groups is 1. The van der Waals surface area contributed by atoms with E-state index in [0.717, 1.165) is 16.8 Å². The molecule has 0 atom stereocenters. The molecule has 0 fully saturated rings. The summed E-state index contributed by atoms with van der Waals surface area (Å²) in [5, 5.41) is 0. The average Bonchev–Trinajstić information content (AvgIpc) is 2.71. The Balaban J connectivity index is 1.53. The zero-order chi connectivity index (χ0) is 18.9. The quantitative estimate of drug-likeness (QED) is 0.551. The van der Waals surface area contributed by atoms with Crippen LogP contribution in [0.3, 0.4) is 0 Å². The third-order valence-corrected chi connectivity index (χ3v) is 3.72. The fraction of sp³-hybridized carbons (Fsp3) is 0.0435. The lowest BCUT2D eigenvalue weighted by molar-refractivity contribution is -0.110. The first-order valence-corrected chi connectivity index (χ1v) is 8.47. The molecule has 2 aromatic carbocycles. The molecule has 0 spiro atoms. The number of halogens is 1. The van der Waals surface area contributed by atoms with Crippen molar-refractivity contribution in [2.45, 2.75) is 6.61 Å². The van der Waals surface area contributed by atoms with Crippen molar-refractivity contribution in [3.8, 4) is 5.75 Å². The number of ether oxygens (including phenoxy) is 1. The molecule has 0 N–H and O–H groups in total. The summed E-state index contributed by atoms with van der Waals surface area (Å²) in [6.45, 7) is 0.295. The predicted octanol–water partition coefficient (Wildman–Crippen LogP) is 5.10. The van der Waals surface area contributed by atoms with E-state index in [4.69, 9.17) is 4.74 Å². The van der Waals surface area contributed by atoms with Gasteiger partial charge >= 0.3 is 0 Å². The van der Waals surface area contributed by atoms with Gasteiger partial charge in [-0.2, -0.15) is 0 Å². The van der Waals surface area contributed by atoms with Crippen LogP contribution in [0.4, 0.5) is 4.39 Å². The van der Waals surface area contributed by atoms with Crippen LogP contribution in [0.2, 0.25) is 0 Å². The summed E-state index contributed by atoms with van der Waals surface area (Å²) < 4.78 is 18.8. The fourth-order valence-corrected chi connectivity index (χ4v) is 2.34. The van der Waals surface area contributed by atoms with Crippen molar-refractivity contribution in [3.05, 3.63) is 108 Å². The third kappa shape index (κ3) is 6.04. The molecule has 3 nitrogen and oxygen atoms in total. The number of rotatable bonds is 7. The summed E-state index contributed by atoms with van der Waals surface area (Å²) in [6.07, 6.45) is 8.08. The lowest BCUT2D eigenvalue weighted by Crippen LogP contribution is -1.95. The summed E-state index contributed by atoms with van der Waals surface area (Å²) in [4.78, 5) is 16.0. The molecule has 0 amide bonds. The van der Waals surface area contributed by atoms with Gasteiger partial charge in [-0.15, -0.1) is 0 Å². The topological polar surface area (TPSA) is 39.2 Å². The van der Waals surface area contributed by atoms with Crippen molar-refractivity contribution in [1.82, 2.24) is 4.98 Å². The van der Waals surface area contributed by atoms with Crippen molar-refractivity contribution in [2.75, 3.05) is 0 Å². The van der Waals surface area contributed by atoms with E-state index in [0.29, 0.717) is 12.4 Å². The van der Waals surface area contributed by atoms with Gasteiger partial charge in [-0.3, -0.25) is 9.78 Å². The third-order valence-electron chi connectivity index (χ3n) is 3.72. The maximum atomic E-state index is 13.1. The van der Waals surface area contributed by atoms with Crippen LogP contribution in [0.5, 0.6) is 5.75 Å². The fourth-order valence-electron chi connectivity index (χ4n) is 2.34. The number of hydrogen-bond donors (Lipinski definition) is 0. The molecule has 0 aliphatic rings. The number of benzene rings is 2. The number of carbonyl (C=O) groups excluding carboxylic acids is 1. The van der Waals surface area contributed by atoms with Crippen LogP contribution in [0.1, 0.15) is 16.8 Å². The Hall–Kier alpha value is -3.53. The first kappa shape index (κ1) is 18.3. The van der Waals surface area contributed by atoms with Gasteiger partial charge in [0.05, 0.1) is 5.69 Å². The van der Waals surface area contributed by atoms with Gasteiger partial charge in [0.1, 0.15) is 18.2 Å². The molecule has 1 aromatic heterocycles. The maximum absolute atomic E-state index is 13.1. The van der Waals surface area contributed by atoms with Gasteiger partial charge < -0.3 is 4.74 Å². The molecule has 27 heavy (non-hydrogen) atoms. The summed E-state index contributed by atoms with van der Waals surface area (Å²) in [5.41, 5.74) is 2.39. The van der Waals surface area contributed by atoms with Gasteiger partial charge in [0, 0.05) is 6.20 Å². The first-order chi connectivity index (χ1) is 13.2. The number of hydrogen-bond acceptors (Lipinski definition) is 3. The van der Waals surface area contributed by atoms with Crippen LogP contribution in [-0.2, 0) is 11.4 Å². The number of allylic oxidation sites excluding steroid dienone is 2. The van der Waals surface area contributed by atoms with E-state index < -0.39 is 0 Å². The summed E-state index contributed by atoms with van der Waals surface area (Å²) in [5.74, 6) is 0.281. The minimum absolute atomic E-state index is 0.118. The van der Waals surface area contributed by atoms with E-state index in [1.165, 1.54) is 24.3 Å². The molecule has 0 saturated heterocycles. The van der Waals surface area contributed by atoms with E-state index >= 15 is 0 Å². The Morgan fingerprint density at radius 3 is 2.52 bits per heavy atom. The number of nitrogens with zero attached hydrogens (tertiary/aromatic N) is 1. The van der Waals surface area contributed by atoms with E-state index in [1.54, 1.807) is 24.4 Å².